The summed E-state index contributed by atoms with van der Waals surface area (Å²) >= 11 is 1.58. The highest BCUT2D eigenvalue weighted by atomic mass is 32.1. The van der Waals surface area contributed by atoms with Gasteiger partial charge < -0.3 is 14.5 Å². The lowest BCUT2D eigenvalue weighted by molar-refractivity contribution is 0.0535. The SMILES string of the molecule is COCc1c(C(=O)N2CCN(C)C[C@@H]2C)sc2ccccc12. The van der Waals surface area contributed by atoms with Crippen LogP contribution in [-0.4, -0.2) is 55.5 Å². The summed E-state index contributed by atoms with van der Waals surface area (Å²) in [5.41, 5.74) is 1.03. The maximum absolute atomic E-state index is 13.0. The standard InChI is InChI=1S/C17H22N2O2S/c1-12-10-18(2)8-9-19(12)17(20)16-14(11-21-3)13-6-4-5-7-15(13)22-16/h4-7,12H,8-11H2,1-3H3/t12-/m0/s1. The number of likely N-dealkylation sites (N-methyl/N-ethyl adjacent to an activating group) is 1. The molecular weight excluding hydrogens is 296 g/mol. The van der Waals surface area contributed by atoms with Crippen molar-refractivity contribution in [3.8, 4) is 0 Å². The van der Waals surface area contributed by atoms with Crippen molar-refractivity contribution < 1.29 is 9.53 Å². The van der Waals surface area contributed by atoms with E-state index in [1.165, 1.54) is 0 Å². The third-order valence-corrected chi connectivity index (χ3v) is 5.47. The number of ether oxygens (including phenoxy) is 1. The van der Waals surface area contributed by atoms with E-state index in [-0.39, 0.29) is 11.9 Å². The Morgan fingerprint density at radius 3 is 2.86 bits per heavy atom. The number of amides is 1. The largest absolute Gasteiger partial charge is 0.380 e. The Balaban J connectivity index is 1.98. The van der Waals surface area contributed by atoms with E-state index >= 15 is 0 Å². The van der Waals surface area contributed by atoms with Gasteiger partial charge in [0.05, 0.1) is 11.5 Å². The number of fused-ring (bicyclic) bond motifs is 1. The molecule has 1 aromatic carbocycles. The van der Waals surface area contributed by atoms with Crippen LogP contribution >= 0.6 is 11.3 Å². The quantitative estimate of drug-likeness (QED) is 0.872. The summed E-state index contributed by atoms with van der Waals surface area (Å²) in [7, 11) is 3.79. The molecule has 0 radical (unpaired) electrons. The van der Waals surface area contributed by atoms with Gasteiger partial charge in [-0.05, 0) is 25.4 Å². The summed E-state index contributed by atoms with van der Waals surface area (Å²) in [6, 6.07) is 8.42. The van der Waals surface area contributed by atoms with Crippen LogP contribution in [0.3, 0.4) is 0 Å². The molecule has 1 aromatic heterocycles. The number of methoxy groups -OCH3 is 1. The molecule has 1 atom stereocenters. The topological polar surface area (TPSA) is 32.8 Å². The number of thiophene rings is 1. The molecule has 0 saturated carbocycles. The maximum Gasteiger partial charge on any atom is 0.264 e. The zero-order valence-electron chi connectivity index (χ0n) is 13.3. The fourth-order valence-corrected chi connectivity index (χ4v) is 4.30. The zero-order chi connectivity index (χ0) is 15.7. The number of carbonyl (C=O) groups excluding carboxylic acids is 1. The maximum atomic E-state index is 13.0. The van der Waals surface area contributed by atoms with Crippen molar-refractivity contribution in [2.75, 3.05) is 33.8 Å². The molecule has 2 aromatic rings. The van der Waals surface area contributed by atoms with E-state index in [0.29, 0.717) is 6.61 Å². The van der Waals surface area contributed by atoms with Gasteiger partial charge in [-0.25, -0.2) is 0 Å². The molecule has 1 aliphatic rings. The molecule has 0 aliphatic carbocycles. The van der Waals surface area contributed by atoms with Crippen LogP contribution in [0, 0.1) is 0 Å². The minimum Gasteiger partial charge on any atom is -0.380 e. The van der Waals surface area contributed by atoms with E-state index < -0.39 is 0 Å². The Morgan fingerprint density at radius 2 is 2.14 bits per heavy atom. The number of rotatable bonds is 3. The van der Waals surface area contributed by atoms with Crippen LogP contribution in [0.25, 0.3) is 10.1 Å². The van der Waals surface area contributed by atoms with Gasteiger partial charge in [-0.15, -0.1) is 11.3 Å². The Labute approximate surface area is 135 Å². The van der Waals surface area contributed by atoms with E-state index in [4.69, 9.17) is 4.74 Å². The highest BCUT2D eigenvalue weighted by molar-refractivity contribution is 7.21. The van der Waals surface area contributed by atoms with Gasteiger partial charge in [0.15, 0.2) is 0 Å². The normalized spacial score (nSPS) is 19.8. The first kappa shape index (κ1) is 15.5. The van der Waals surface area contributed by atoms with Crippen LogP contribution in [0.5, 0.6) is 0 Å². The molecule has 0 N–H and O–H groups in total. The highest BCUT2D eigenvalue weighted by Gasteiger charge is 2.29. The first-order valence-electron chi connectivity index (χ1n) is 7.60. The molecular formula is C17H22N2O2S. The van der Waals surface area contributed by atoms with E-state index in [2.05, 4.69) is 31.0 Å². The average molecular weight is 318 g/mol. The monoisotopic (exact) mass is 318 g/mol. The molecule has 0 unspecified atom stereocenters. The fraction of sp³-hybridized carbons (Fsp3) is 0.471. The van der Waals surface area contributed by atoms with Gasteiger partial charge in [0, 0.05) is 43.0 Å². The van der Waals surface area contributed by atoms with Crippen molar-refractivity contribution in [1.29, 1.82) is 0 Å². The molecule has 118 valence electrons. The summed E-state index contributed by atoms with van der Waals surface area (Å²) in [6.45, 7) is 5.25. The number of benzene rings is 1. The fourth-order valence-electron chi connectivity index (χ4n) is 3.13. The van der Waals surface area contributed by atoms with E-state index in [1.54, 1.807) is 18.4 Å². The van der Waals surface area contributed by atoms with Crippen LogP contribution in [0.1, 0.15) is 22.2 Å². The molecule has 3 rings (SSSR count). The van der Waals surface area contributed by atoms with Crippen molar-refractivity contribution in [2.24, 2.45) is 0 Å². The van der Waals surface area contributed by atoms with Crippen molar-refractivity contribution in [1.82, 2.24) is 9.80 Å². The highest BCUT2D eigenvalue weighted by Crippen LogP contribution is 2.33. The number of nitrogens with zero attached hydrogens (tertiary/aromatic N) is 2. The van der Waals surface area contributed by atoms with Gasteiger partial charge in [-0.2, -0.15) is 0 Å². The van der Waals surface area contributed by atoms with E-state index in [1.807, 2.05) is 17.0 Å². The minimum atomic E-state index is 0.147. The van der Waals surface area contributed by atoms with Gasteiger partial charge in [-0.3, -0.25) is 4.79 Å². The summed E-state index contributed by atoms with van der Waals surface area (Å²) in [5.74, 6) is 0.147. The van der Waals surface area contributed by atoms with Gasteiger partial charge in [0.2, 0.25) is 0 Å². The van der Waals surface area contributed by atoms with Gasteiger partial charge >= 0.3 is 0 Å². The smallest absolute Gasteiger partial charge is 0.264 e. The van der Waals surface area contributed by atoms with Crippen LogP contribution in [0.4, 0.5) is 0 Å². The molecule has 4 nitrogen and oxygen atoms in total. The number of hydrogen-bond donors (Lipinski definition) is 0. The molecule has 1 aliphatic heterocycles. The molecule has 1 amide bonds. The van der Waals surface area contributed by atoms with Crippen LogP contribution in [0.15, 0.2) is 24.3 Å². The average Bonchev–Trinajstić information content (AvgIpc) is 2.86. The second kappa shape index (κ2) is 6.36. The lowest BCUT2D eigenvalue weighted by Gasteiger charge is -2.38. The van der Waals surface area contributed by atoms with Crippen molar-refractivity contribution >= 4 is 27.3 Å². The van der Waals surface area contributed by atoms with Crippen LogP contribution in [0.2, 0.25) is 0 Å². The molecule has 0 spiro atoms. The van der Waals surface area contributed by atoms with Crippen molar-refractivity contribution in [2.45, 2.75) is 19.6 Å². The Hall–Kier alpha value is -1.43. The third-order valence-electron chi connectivity index (χ3n) is 4.27. The Bertz CT molecular complexity index is 682. The van der Waals surface area contributed by atoms with Gasteiger partial charge in [0.1, 0.15) is 0 Å². The zero-order valence-corrected chi connectivity index (χ0v) is 14.2. The van der Waals surface area contributed by atoms with Crippen LogP contribution < -0.4 is 0 Å². The summed E-state index contributed by atoms with van der Waals surface area (Å²) in [4.78, 5) is 18.2. The number of piperazine rings is 1. The summed E-state index contributed by atoms with van der Waals surface area (Å²) < 4.78 is 6.50. The lowest BCUT2D eigenvalue weighted by Crippen LogP contribution is -2.52. The van der Waals surface area contributed by atoms with E-state index in [9.17, 15) is 4.79 Å². The second-order valence-electron chi connectivity index (χ2n) is 5.95. The minimum absolute atomic E-state index is 0.147. The van der Waals surface area contributed by atoms with Crippen LogP contribution in [-0.2, 0) is 11.3 Å². The predicted molar refractivity (Wildman–Crippen MR) is 90.5 cm³/mol. The molecule has 22 heavy (non-hydrogen) atoms. The predicted octanol–water partition coefficient (Wildman–Crippen LogP) is 2.82. The summed E-state index contributed by atoms with van der Waals surface area (Å²) in [5, 5.41) is 1.14. The summed E-state index contributed by atoms with van der Waals surface area (Å²) in [6.07, 6.45) is 0. The lowest BCUT2D eigenvalue weighted by atomic mass is 10.1. The molecule has 2 heterocycles. The van der Waals surface area contributed by atoms with Gasteiger partial charge in [-0.1, -0.05) is 18.2 Å². The second-order valence-corrected chi connectivity index (χ2v) is 7.00. The number of hydrogen-bond acceptors (Lipinski definition) is 4. The molecule has 1 saturated heterocycles. The Morgan fingerprint density at radius 1 is 1.36 bits per heavy atom. The first-order chi connectivity index (χ1) is 10.6. The molecule has 0 bridgehead atoms. The Kier molecular flexibility index (Phi) is 4.47. The third kappa shape index (κ3) is 2.76. The van der Waals surface area contributed by atoms with Crippen molar-refractivity contribution in [3.63, 3.8) is 0 Å². The van der Waals surface area contributed by atoms with E-state index in [0.717, 1.165) is 40.2 Å². The van der Waals surface area contributed by atoms with Gasteiger partial charge in [0.25, 0.3) is 5.91 Å². The van der Waals surface area contributed by atoms with Crippen molar-refractivity contribution in [3.05, 3.63) is 34.7 Å². The molecule has 5 heteroatoms. The molecule has 1 fully saturated rings. The number of carbonyl (C=O) groups is 1. The first-order valence-corrected chi connectivity index (χ1v) is 8.42.